The molecule has 0 radical (unpaired) electrons. The van der Waals surface area contributed by atoms with E-state index in [2.05, 4.69) is 22.2 Å². The van der Waals surface area contributed by atoms with Gasteiger partial charge in [-0.15, -0.1) is 0 Å². The summed E-state index contributed by atoms with van der Waals surface area (Å²) in [6.45, 7) is 4.06. The van der Waals surface area contributed by atoms with Crippen molar-refractivity contribution in [1.82, 2.24) is 9.97 Å². The first-order chi connectivity index (χ1) is 7.69. The number of rotatable bonds is 6. The molecule has 0 fully saturated rings. The van der Waals surface area contributed by atoms with Crippen molar-refractivity contribution in [3.63, 3.8) is 0 Å². The Morgan fingerprint density at radius 2 is 2.25 bits per heavy atom. The van der Waals surface area contributed by atoms with Gasteiger partial charge in [-0.25, -0.2) is 4.98 Å². The van der Waals surface area contributed by atoms with Crippen LogP contribution >= 0.6 is 0 Å². The van der Waals surface area contributed by atoms with Crippen molar-refractivity contribution in [1.29, 1.82) is 0 Å². The molecule has 1 atom stereocenters. The second kappa shape index (κ2) is 6.27. The maximum absolute atomic E-state index is 8.90. The number of aryl methyl sites for hydroxylation is 1. The Hall–Kier alpha value is -1.36. The summed E-state index contributed by atoms with van der Waals surface area (Å²) in [7, 11) is 1.58. The van der Waals surface area contributed by atoms with Gasteiger partial charge in [0.05, 0.1) is 7.11 Å². The number of aliphatic hydroxyl groups excluding tert-OH is 1. The minimum atomic E-state index is 0.173. The third-order valence-electron chi connectivity index (χ3n) is 2.35. The third kappa shape index (κ3) is 3.66. The van der Waals surface area contributed by atoms with Crippen LogP contribution < -0.4 is 10.1 Å². The SMILES string of the molecule is CCC(CCO)Nc1cc(OC)nc(C)n1. The van der Waals surface area contributed by atoms with Crippen LogP contribution in [0.1, 0.15) is 25.6 Å². The van der Waals surface area contributed by atoms with Crippen LogP contribution in [0.5, 0.6) is 5.88 Å². The van der Waals surface area contributed by atoms with Crippen LogP contribution in [0.3, 0.4) is 0 Å². The molecule has 1 aromatic heterocycles. The third-order valence-corrected chi connectivity index (χ3v) is 2.35. The summed E-state index contributed by atoms with van der Waals surface area (Å²) >= 11 is 0. The van der Waals surface area contributed by atoms with Crippen LogP contribution in [-0.4, -0.2) is 34.8 Å². The van der Waals surface area contributed by atoms with Crippen LogP contribution in [-0.2, 0) is 0 Å². The first-order valence-corrected chi connectivity index (χ1v) is 5.46. The van der Waals surface area contributed by atoms with Gasteiger partial charge in [0.25, 0.3) is 0 Å². The van der Waals surface area contributed by atoms with Crippen molar-refractivity contribution < 1.29 is 9.84 Å². The summed E-state index contributed by atoms with van der Waals surface area (Å²) in [5.74, 6) is 1.96. The van der Waals surface area contributed by atoms with Gasteiger partial charge in [-0.2, -0.15) is 4.98 Å². The van der Waals surface area contributed by atoms with E-state index in [1.54, 1.807) is 13.2 Å². The Morgan fingerprint density at radius 3 is 2.81 bits per heavy atom. The maximum Gasteiger partial charge on any atom is 0.218 e. The van der Waals surface area contributed by atoms with E-state index < -0.39 is 0 Å². The molecule has 1 aromatic rings. The van der Waals surface area contributed by atoms with Gasteiger partial charge in [-0.3, -0.25) is 0 Å². The van der Waals surface area contributed by atoms with Gasteiger partial charge >= 0.3 is 0 Å². The van der Waals surface area contributed by atoms with Crippen LogP contribution in [0, 0.1) is 6.92 Å². The lowest BCUT2D eigenvalue weighted by Gasteiger charge is -2.16. The first kappa shape index (κ1) is 12.7. The van der Waals surface area contributed by atoms with Crippen molar-refractivity contribution in [2.24, 2.45) is 0 Å². The second-order valence-corrected chi connectivity index (χ2v) is 3.60. The molecule has 16 heavy (non-hydrogen) atoms. The van der Waals surface area contributed by atoms with Crippen molar-refractivity contribution in [3.05, 3.63) is 11.9 Å². The molecule has 0 saturated carbocycles. The molecule has 0 spiro atoms. The maximum atomic E-state index is 8.90. The number of nitrogens with zero attached hydrogens (tertiary/aromatic N) is 2. The molecule has 1 unspecified atom stereocenters. The Morgan fingerprint density at radius 1 is 1.50 bits per heavy atom. The van der Waals surface area contributed by atoms with Gasteiger partial charge in [-0.05, 0) is 19.8 Å². The van der Waals surface area contributed by atoms with E-state index >= 15 is 0 Å². The Labute approximate surface area is 95.9 Å². The monoisotopic (exact) mass is 225 g/mol. The van der Waals surface area contributed by atoms with Crippen LogP contribution in [0.4, 0.5) is 5.82 Å². The topological polar surface area (TPSA) is 67.3 Å². The number of aliphatic hydroxyl groups is 1. The molecular weight excluding hydrogens is 206 g/mol. The zero-order valence-electron chi connectivity index (χ0n) is 10.0. The van der Waals surface area contributed by atoms with E-state index in [0.717, 1.165) is 12.2 Å². The largest absolute Gasteiger partial charge is 0.481 e. The fourth-order valence-corrected chi connectivity index (χ4v) is 1.46. The zero-order valence-corrected chi connectivity index (χ0v) is 10.0. The van der Waals surface area contributed by atoms with Crippen molar-refractivity contribution in [3.8, 4) is 5.88 Å². The Bertz CT molecular complexity index is 331. The van der Waals surface area contributed by atoms with Crippen LogP contribution in [0.2, 0.25) is 0 Å². The minimum absolute atomic E-state index is 0.173. The molecule has 1 rings (SSSR count). The number of aromatic nitrogens is 2. The lowest BCUT2D eigenvalue weighted by molar-refractivity contribution is 0.278. The average molecular weight is 225 g/mol. The molecule has 0 aliphatic heterocycles. The number of nitrogens with one attached hydrogen (secondary N) is 1. The molecule has 0 aliphatic rings. The normalized spacial score (nSPS) is 12.2. The van der Waals surface area contributed by atoms with Gasteiger partial charge in [0, 0.05) is 18.7 Å². The summed E-state index contributed by atoms with van der Waals surface area (Å²) in [4.78, 5) is 8.38. The molecule has 1 heterocycles. The number of methoxy groups -OCH3 is 1. The Kier molecular flexibility index (Phi) is 4.98. The molecule has 0 aliphatic carbocycles. The summed E-state index contributed by atoms with van der Waals surface area (Å²) in [6.07, 6.45) is 1.65. The smallest absolute Gasteiger partial charge is 0.218 e. The predicted molar refractivity (Wildman–Crippen MR) is 62.7 cm³/mol. The highest BCUT2D eigenvalue weighted by atomic mass is 16.5. The van der Waals surface area contributed by atoms with Gasteiger partial charge in [0.2, 0.25) is 5.88 Å². The minimum Gasteiger partial charge on any atom is -0.481 e. The standard InChI is InChI=1S/C11H19N3O2/c1-4-9(5-6-15)14-10-7-11(16-3)13-8(2)12-10/h7,9,15H,4-6H2,1-3H3,(H,12,13,14). The quantitative estimate of drug-likeness (QED) is 0.765. The second-order valence-electron chi connectivity index (χ2n) is 3.60. The van der Waals surface area contributed by atoms with Gasteiger partial charge in [0.1, 0.15) is 11.6 Å². The Balaban J connectivity index is 2.74. The highest BCUT2D eigenvalue weighted by Crippen LogP contribution is 2.15. The van der Waals surface area contributed by atoms with Crippen LogP contribution in [0.15, 0.2) is 6.07 Å². The van der Waals surface area contributed by atoms with E-state index in [4.69, 9.17) is 9.84 Å². The summed E-state index contributed by atoms with van der Waals surface area (Å²) in [5.41, 5.74) is 0. The average Bonchev–Trinajstić information content (AvgIpc) is 2.27. The molecule has 0 aromatic carbocycles. The molecule has 5 nitrogen and oxygen atoms in total. The highest BCUT2D eigenvalue weighted by Gasteiger charge is 2.08. The number of anilines is 1. The molecule has 0 bridgehead atoms. The van der Waals surface area contributed by atoms with E-state index in [0.29, 0.717) is 18.1 Å². The van der Waals surface area contributed by atoms with E-state index in [1.807, 2.05) is 6.92 Å². The van der Waals surface area contributed by atoms with E-state index in [-0.39, 0.29) is 12.6 Å². The number of hydrogen-bond donors (Lipinski definition) is 2. The molecule has 5 heteroatoms. The van der Waals surface area contributed by atoms with Crippen LogP contribution in [0.25, 0.3) is 0 Å². The summed E-state index contributed by atoms with van der Waals surface area (Å²) in [5, 5.41) is 12.2. The van der Waals surface area contributed by atoms with Crippen molar-refractivity contribution in [2.45, 2.75) is 32.7 Å². The summed E-state index contributed by atoms with van der Waals surface area (Å²) < 4.78 is 5.07. The summed E-state index contributed by atoms with van der Waals surface area (Å²) in [6, 6.07) is 1.98. The number of hydrogen-bond acceptors (Lipinski definition) is 5. The lowest BCUT2D eigenvalue weighted by Crippen LogP contribution is -2.20. The molecule has 2 N–H and O–H groups in total. The van der Waals surface area contributed by atoms with Crippen molar-refractivity contribution >= 4 is 5.82 Å². The molecule has 0 amide bonds. The van der Waals surface area contributed by atoms with Crippen molar-refractivity contribution in [2.75, 3.05) is 19.0 Å². The lowest BCUT2D eigenvalue weighted by atomic mass is 10.1. The fraction of sp³-hybridized carbons (Fsp3) is 0.636. The molecular formula is C11H19N3O2. The molecule has 0 saturated heterocycles. The van der Waals surface area contributed by atoms with Gasteiger partial charge in [-0.1, -0.05) is 6.92 Å². The highest BCUT2D eigenvalue weighted by molar-refractivity contribution is 5.39. The molecule has 90 valence electrons. The zero-order chi connectivity index (χ0) is 12.0. The first-order valence-electron chi connectivity index (χ1n) is 5.46. The number of ether oxygens (including phenoxy) is 1. The van der Waals surface area contributed by atoms with Gasteiger partial charge in [0.15, 0.2) is 0 Å². The van der Waals surface area contributed by atoms with E-state index in [1.165, 1.54) is 0 Å². The van der Waals surface area contributed by atoms with E-state index in [9.17, 15) is 0 Å². The predicted octanol–water partition coefficient (Wildman–Crippen LogP) is 1.37. The fourth-order valence-electron chi connectivity index (χ4n) is 1.46. The van der Waals surface area contributed by atoms with Gasteiger partial charge < -0.3 is 15.2 Å².